The Bertz CT molecular complexity index is 247. The van der Waals surface area contributed by atoms with Gasteiger partial charge in [0.05, 0.1) is 6.61 Å². The van der Waals surface area contributed by atoms with Gasteiger partial charge >= 0.3 is 0 Å². The number of hydrogen-bond acceptors (Lipinski definition) is 3. The molecule has 1 aliphatic heterocycles. The van der Waals surface area contributed by atoms with E-state index in [1.165, 1.54) is 0 Å². The highest BCUT2D eigenvalue weighted by Gasteiger charge is 2.18. The van der Waals surface area contributed by atoms with E-state index >= 15 is 0 Å². The molecular formula is C10H16N2O2. The van der Waals surface area contributed by atoms with Crippen LogP contribution in [0.25, 0.3) is 0 Å². The number of β-amino-alcohol motifs (C(OH)–C–C–N with tert-alkyl or cyclic N) is 1. The highest BCUT2D eigenvalue weighted by atomic mass is 16.3. The number of carbonyl (C=O) groups is 1. The highest BCUT2D eigenvalue weighted by Crippen LogP contribution is 2.00. The van der Waals surface area contributed by atoms with Crippen LogP contribution in [0.5, 0.6) is 0 Å². The Morgan fingerprint density at radius 1 is 1.36 bits per heavy atom. The van der Waals surface area contributed by atoms with Crippen molar-refractivity contribution in [3.8, 4) is 11.8 Å². The zero-order chi connectivity index (χ0) is 10.4. The fraction of sp³-hybridized carbons (Fsp3) is 0.700. The Balaban J connectivity index is 2.34. The third-order valence-corrected chi connectivity index (χ3v) is 2.31. The first-order chi connectivity index (χ1) is 6.77. The SMILES string of the molecule is CC#CC(=O)N1CCN(CCO)CC1. The van der Waals surface area contributed by atoms with Crippen molar-refractivity contribution in [2.75, 3.05) is 39.3 Å². The summed E-state index contributed by atoms with van der Waals surface area (Å²) in [5, 5.41) is 8.73. The molecule has 0 unspecified atom stereocenters. The van der Waals surface area contributed by atoms with Crippen LogP contribution in [0.4, 0.5) is 0 Å². The predicted molar refractivity (Wildman–Crippen MR) is 53.6 cm³/mol. The van der Waals surface area contributed by atoms with E-state index in [1.54, 1.807) is 11.8 Å². The van der Waals surface area contributed by atoms with E-state index in [9.17, 15) is 4.79 Å². The second-order valence-corrected chi connectivity index (χ2v) is 3.23. The molecule has 4 heteroatoms. The number of aliphatic hydroxyl groups is 1. The maximum absolute atomic E-state index is 11.3. The Hall–Kier alpha value is -1.05. The molecule has 1 N–H and O–H groups in total. The molecule has 0 aromatic rings. The lowest BCUT2D eigenvalue weighted by Gasteiger charge is -2.33. The zero-order valence-electron chi connectivity index (χ0n) is 8.49. The Morgan fingerprint density at radius 2 is 2.00 bits per heavy atom. The molecule has 0 aromatic carbocycles. The second kappa shape index (κ2) is 5.63. The number of piperazine rings is 1. The fourth-order valence-corrected chi connectivity index (χ4v) is 1.50. The minimum absolute atomic E-state index is 0.0869. The van der Waals surface area contributed by atoms with Crippen molar-refractivity contribution in [3.05, 3.63) is 0 Å². The fourth-order valence-electron chi connectivity index (χ4n) is 1.50. The molecule has 0 radical (unpaired) electrons. The molecular weight excluding hydrogens is 180 g/mol. The molecule has 1 aliphatic rings. The van der Waals surface area contributed by atoms with Gasteiger partial charge < -0.3 is 10.0 Å². The summed E-state index contributed by atoms with van der Waals surface area (Å²) in [4.78, 5) is 15.2. The number of aliphatic hydroxyl groups excluding tert-OH is 1. The first-order valence-corrected chi connectivity index (χ1v) is 4.83. The number of hydrogen-bond donors (Lipinski definition) is 1. The Labute approximate surface area is 84.5 Å². The third-order valence-electron chi connectivity index (χ3n) is 2.31. The van der Waals surface area contributed by atoms with Crippen molar-refractivity contribution < 1.29 is 9.90 Å². The first kappa shape index (κ1) is 11.0. The van der Waals surface area contributed by atoms with Crippen LogP contribution in [0, 0.1) is 11.8 Å². The number of carbonyl (C=O) groups excluding carboxylic acids is 1. The molecule has 0 atom stereocenters. The molecule has 1 saturated heterocycles. The van der Waals surface area contributed by atoms with Crippen LogP contribution in [0.15, 0.2) is 0 Å². The van der Waals surface area contributed by atoms with Crippen LogP contribution in [0.2, 0.25) is 0 Å². The summed E-state index contributed by atoms with van der Waals surface area (Å²) in [6.45, 7) is 5.64. The number of amides is 1. The molecule has 78 valence electrons. The lowest BCUT2D eigenvalue weighted by Crippen LogP contribution is -2.49. The van der Waals surface area contributed by atoms with Gasteiger partial charge in [0.2, 0.25) is 0 Å². The quantitative estimate of drug-likeness (QED) is 0.585. The van der Waals surface area contributed by atoms with Crippen molar-refractivity contribution in [3.63, 3.8) is 0 Å². The van der Waals surface area contributed by atoms with Crippen LogP contribution in [-0.4, -0.2) is 60.1 Å². The second-order valence-electron chi connectivity index (χ2n) is 3.23. The molecule has 0 spiro atoms. The van der Waals surface area contributed by atoms with Gasteiger partial charge in [-0.3, -0.25) is 9.69 Å². The summed E-state index contributed by atoms with van der Waals surface area (Å²) in [5.41, 5.74) is 0. The first-order valence-electron chi connectivity index (χ1n) is 4.83. The zero-order valence-corrected chi connectivity index (χ0v) is 8.49. The normalized spacial score (nSPS) is 17.4. The summed E-state index contributed by atoms with van der Waals surface area (Å²) in [6, 6.07) is 0. The molecule has 0 aliphatic carbocycles. The van der Waals surface area contributed by atoms with E-state index in [4.69, 9.17) is 5.11 Å². The van der Waals surface area contributed by atoms with Crippen molar-refractivity contribution >= 4 is 5.91 Å². The maximum Gasteiger partial charge on any atom is 0.298 e. The Morgan fingerprint density at radius 3 is 2.50 bits per heavy atom. The topological polar surface area (TPSA) is 43.8 Å². The minimum Gasteiger partial charge on any atom is -0.395 e. The molecule has 1 fully saturated rings. The lowest BCUT2D eigenvalue weighted by molar-refractivity contribution is -0.126. The average Bonchev–Trinajstić information content (AvgIpc) is 2.20. The van der Waals surface area contributed by atoms with Gasteiger partial charge in [-0.25, -0.2) is 0 Å². The van der Waals surface area contributed by atoms with Crippen molar-refractivity contribution in [2.45, 2.75) is 6.92 Å². The summed E-state index contributed by atoms with van der Waals surface area (Å²) in [5.74, 6) is 5.05. The van der Waals surface area contributed by atoms with E-state index in [1.807, 2.05) is 0 Å². The summed E-state index contributed by atoms with van der Waals surface area (Å²) in [6.07, 6.45) is 0. The van der Waals surface area contributed by atoms with Crippen LogP contribution in [0.3, 0.4) is 0 Å². The third kappa shape index (κ3) is 3.02. The van der Waals surface area contributed by atoms with Gasteiger partial charge in [0.15, 0.2) is 0 Å². The molecule has 0 saturated carbocycles. The average molecular weight is 196 g/mol. The number of nitrogens with zero attached hydrogens (tertiary/aromatic N) is 2. The minimum atomic E-state index is -0.0869. The van der Waals surface area contributed by atoms with Gasteiger partial charge in [-0.2, -0.15) is 0 Å². The molecule has 0 bridgehead atoms. The van der Waals surface area contributed by atoms with Crippen molar-refractivity contribution in [2.24, 2.45) is 0 Å². The summed E-state index contributed by atoms with van der Waals surface area (Å²) < 4.78 is 0. The van der Waals surface area contributed by atoms with Crippen LogP contribution in [0.1, 0.15) is 6.92 Å². The molecule has 0 aromatic heterocycles. The summed E-state index contributed by atoms with van der Waals surface area (Å²) >= 11 is 0. The number of rotatable bonds is 2. The van der Waals surface area contributed by atoms with Crippen molar-refractivity contribution in [1.29, 1.82) is 0 Å². The lowest BCUT2D eigenvalue weighted by atomic mass is 10.3. The molecule has 1 rings (SSSR count). The molecule has 1 amide bonds. The molecule has 4 nitrogen and oxygen atoms in total. The van der Waals surface area contributed by atoms with Gasteiger partial charge in [0.25, 0.3) is 5.91 Å². The highest BCUT2D eigenvalue weighted by molar-refractivity contribution is 5.93. The molecule has 1 heterocycles. The maximum atomic E-state index is 11.3. The van der Waals surface area contributed by atoms with Crippen LogP contribution < -0.4 is 0 Å². The van der Waals surface area contributed by atoms with Crippen molar-refractivity contribution in [1.82, 2.24) is 9.80 Å². The molecule has 14 heavy (non-hydrogen) atoms. The summed E-state index contributed by atoms with van der Waals surface area (Å²) in [7, 11) is 0. The largest absolute Gasteiger partial charge is 0.395 e. The van der Waals surface area contributed by atoms with Gasteiger partial charge in [-0.05, 0) is 12.8 Å². The van der Waals surface area contributed by atoms with Crippen LogP contribution >= 0.6 is 0 Å². The Kier molecular flexibility index (Phi) is 4.44. The van der Waals surface area contributed by atoms with E-state index < -0.39 is 0 Å². The van der Waals surface area contributed by atoms with E-state index in [2.05, 4.69) is 16.7 Å². The van der Waals surface area contributed by atoms with E-state index in [0.717, 1.165) is 13.1 Å². The smallest absolute Gasteiger partial charge is 0.298 e. The monoisotopic (exact) mass is 196 g/mol. The van der Waals surface area contributed by atoms with Crippen LogP contribution in [-0.2, 0) is 4.79 Å². The van der Waals surface area contributed by atoms with E-state index in [-0.39, 0.29) is 12.5 Å². The van der Waals surface area contributed by atoms with Gasteiger partial charge in [-0.1, -0.05) is 5.92 Å². The van der Waals surface area contributed by atoms with Gasteiger partial charge in [0.1, 0.15) is 0 Å². The van der Waals surface area contributed by atoms with E-state index in [0.29, 0.717) is 19.6 Å². The standard InChI is InChI=1S/C10H16N2O2/c1-2-3-10(14)12-6-4-11(5-7-12)8-9-13/h13H,4-9H2,1H3. The van der Waals surface area contributed by atoms with Gasteiger partial charge in [0, 0.05) is 32.7 Å². The predicted octanol–water partition coefficient (Wildman–Crippen LogP) is -0.854. The van der Waals surface area contributed by atoms with Gasteiger partial charge in [-0.15, -0.1) is 0 Å².